The largest absolute Gasteiger partial charge is 0.444 e. The summed E-state index contributed by atoms with van der Waals surface area (Å²) < 4.78 is 23.4. The van der Waals surface area contributed by atoms with Gasteiger partial charge in [0.2, 0.25) is 17.7 Å². The molecule has 384 valence electrons. The Kier molecular flexibility index (Phi) is 19.8. The summed E-state index contributed by atoms with van der Waals surface area (Å²) in [6, 6.07) is 13.6. The van der Waals surface area contributed by atoms with Gasteiger partial charge >= 0.3 is 6.09 Å². The van der Waals surface area contributed by atoms with Gasteiger partial charge in [-0.2, -0.15) is 5.10 Å². The van der Waals surface area contributed by atoms with Crippen LogP contribution in [0, 0.1) is 0 Å². The number of benzene rings is 2. The number of fused-ring (bicyclic) bond motifs is 1. The summed E-state index contributed by atoms with van der Waals surface area (Å²) in [5, 5.41) is 19.9. The molecule has 1 atom stereocenters. The number of ether oxygens (including phenoxy) is 4. The Morgan fingerprint density at radius 3 is 2.28 bits per heavy atom. The highest BCUT2D eigenvalue weighted by molar-refractivity contribution is 7.99. The van der Waals surface area contributed by atoms with Crippen LogP contribution in [0.3, 0.4) is 0 Å². The summed E-state index contributed by atoms with van der Waals surface area (Å²) in [6.45, 7) is 12.6. The van der Waals surface area contributed by atoms with Crippen LogP contribution in [0.2, 0.25) is 5.02 Å². The van der Waals surface area contributed by atoms with Gasteiger partial charge in [-0.3, -0.25) is 29.3 Å². The first kappa shape index (κ1) is 54.3. The SMILES string of the molecule is CC1(NC(=O)OC(C)(C)C)CCN(c2ccc(Sc3cccc(NC(=O)CCC(=O)NCCCOCCOCCOCCCNc4ccc5c(=O)n(C6CCC(=O)NC6=O)ncc5c4)c3Cl)c(N)n2)CC1. The Morgan fingerprint density at radius 2 is 1.59 bits per heavy atom. The Balaban J connectivity index is 0.766. The van der Waals surface area contributed by atoms with E-state index in [0.717, 1.165) is 22.6 Å². The molecule has 22 heteroatoms. The number of nitrogen functional groups attached to an aromatic ring is 1. The first-order chi connectivity index (χ1) is 34.0. The molecule has 2 aromatic carbocycles. The molecule has 2 saturated heterocycles. The molecule has 4 heterocycles. The van der Waals surface area contributed by atoms with Crippen molar-refractivity contribution in [3.63, 3.8) is 0 Å². The number of nitrogens with one attached hydrogen (secondary N) is 5. The average Bonchev–Trinajstić information content (AvgIpc) is 3.31. The molecule has 0 radical (unpaired) electrons. The molecule has 0 bridgehead atoms. The average molecular weight is 1020 g/mol. The van der Waals surface area contributed by atoms with Crippen LogP contribution in [0.15, 0.2) is 69.3 Å². The smallest absolute Gasteiger partial charge is 0.408 e. The Bertz CT molecular complexity index is 2570. The highest BCUT2D eigenvalue weighted by Gasteiger charge is 2.34. The number of carbonyl (C=O) groups is 5. The lowest BCUT2D eigenvalue weighted by molar-refractivity contribution is -0.136. The van der Waals surface area contributed by atoms with Gasteiger partial charge in [-0.25, -0.2) is 14.5 Å². The van der Waals surface area contributed by atoms with E-state index in [1.807, 2.05) is 52.0 Å². The van der Waals surface area contributed by atoms with Gasteiger partial charge in [0, 0.05) is 80.2 Å². The van der Waals surface area contributed by atoms with Crippen molar-refractivity contribution in [2.75, 3.05) is 87.1 Å². The lowest BCUT2D eigenvalue weighted by Gasteiger charge is -2.40. The summed E-state index contributed by atoms with van der Waals surface area (Å²) in [6.07, 6.45) is 4.28. The highest BCUT2D eigenvalue weighted by atomic mass is 35.5. The second-order valence-corrected chi connectivity index (χ2v) is 19.9. The molecule has 4 aromatic rings. The quantitative estimate of drug-likeness (QED) is 0.0357. The van der Waals surface area contributed by atoms with Gasteiger partial charge in [0.15, 0.2) is 0 Å². The number of pyridine rings is 1. The molecule has 0 aliphatic carbocycles. The Labute approximate surface area is 422 Å². The van der Waals surface area contributed by atoms with E-state index in [2.05, 4.69) is 41.6 Å². The molecule has 0 saturated carbocycles. The lowest BCUT2D eigenvalue weighted by Crippen LogP contribution is -2.54. The zero-order valence-electron chi connectivity index (χ0n) is 40.7. The standard InChI is InChI=1S/C49H65ClN10O10S/c1-48(2,3)70-47(66)58-49(4)18-22-59(23-19-49)39-14-13-38(44(51)56-39)71-37-9-5-8-35(43(37)50)55-41(62)17-16-40(61)53-21-7-25-68-27-29-69-28-26-67-24-6-20-52-33-10-11-34-32(30-33)31-54-60(46(34)65)36-12-15-42(63)57-45(36)64/h5,8-11,13-14,30-31,36,52H,6-7,12,15-29H2,1-4H3,(H2,51,56)(H,53,61)(H,55,62)(H,58,66)(H,57,63,64). The van der Waals surface area contributed by atoms with Crippen molar-refractivity contribution in [1.82, 2.24) is 30.7 Å². The molecule has 2 fully saturated rings. The van der Waals surface area contributed by atoms with Crippen LogP contribution >= 0.6 is 23.4 Å². The first-order valence-electron chi connectivity index (χ1n) is 23.8. The number of carbonyl (C=O) groups excluding carboxylic acids is 5. The second-order valence-electron chi connectivity index (χ2n) is 18.5. The van der Waals surface area contributed by atoms with E-state index in [-0.39, 0.29) is 49.0 Å². The van der Waals surface area contributed by atoms with Crippen molar-refractivity contribution < 1.29 is 42.9 Å². The van der Waals surface area contributed by atoms with Gasteiger partial charge in [-0.05, 0) is 102 Å². The fourth-order valence-electron chi connectivity index (χ4n) is 7.71. The van der Waals surface area contributed by atoms with Gasteiger partial charge in [0.05, 0.1) is 53.6 Å². The molecule has 7 N–H and O–H groups in total. The van der Waals surface area contributed by atoms with Crippen molar-refractivity contribution in [3.05, 3.63) is 70.1 Å². The maximum absolute atomic E-state index is 13.0. The number of hydrogen-bond acceptors (Lipinski definition) is 16. The van der Waals surface area contributed by atoms with Crippen molar-refractivity contribution in [2.45, 2.75) is 106 Å². The van der Waals surface area contributed by atoms with E-state index in [1.165, 1.54) is 11.8 Å². The summed E-state index contributed by atoms with van der Waals surface area (Å²) in [5.74, 6) is -0.380. The second kappa shape index (κ2) is 25.9. The lowest BCUT2D eigenvalue weighted by atomic mass is 9.90. The van der Waals surface area contributed by atoms with E-state index < -0.39 is 29.2 Å². The molecule has 20 nitrogen and oxygen atoms in total. The molecular weight excluding hydrogens is 956 g/mol. The number of halogens is 1. The number of nitrogens with two attached hydrogens (primary N) is 1. The fourth-order valence-corrected chi connectivity index (χ4v) is 8.87. The third kappa shape index (κ3) is 16.8. The van der Waals surface area contributed by atoms with Crippen molar-refractivity contribution in [2.24, 2.45) is 0 Å². The number of anilines is 4. The van der Waals surface area contributed by atoms with Crippen LogP contribution in [-0.2, 0) is 38.1 Å². The van der Waals surface area contributed by atoms with E-state index in [0.29, 0.717) is 122 Å². The monoisotopic (exact) mass is 1020 g/mol. The van der Waals surface area contributed by atoms with E-state index in [9.17, 15) is 28.8 Å². The van der Waals surface area contributed by atoms with E-state index in [1.54, 1.807) is 30.5 Å². The van der Waals surface area contributed by atoms with Crippen LogP contribution in [0.4, 0.5) is 27.8 Å². The topological polar surface area (TPSA) is 259 Å². The summed E-state index contributed by atoms with van der Waals surface area (Å²) in [4.78, 5) is 82.5. The number of hydrogen-bond donors (Lipinski definition) is 6. The Hall–Kier alpha value is -6.00. The number of piperidine rings is 2. The molecule has 6 rings (SSSR count). The number of nitrogens with zero attached hydrogens (tertiary/aromatic N) is 4. The molecule has 71 heavy (non-hydrogen) atoms. The molecule has 2 aliphatic rings. The third-order valence-electron chi connectivity index (χ3n) is 11.5. The van der Waals surface area contributed by atoms with Crippen LogP contribution in [-0.4, -0.2) is 121 Å². The van der Waals surface area contributed by atoms with Crippen molar-refractivity contribution >= 4 is 86.9 Å². The molecular formula is C49H65ClN10O10S. The minimum Gasteiger partial charge on any atom is -0.444 e. The summed E-state index contributed by atoms with van der Waals surface area (Å²) in [7, 11) is 0. The summed E-state index contributed by atoms with van der Waals surface area (Å²) >= 11 is 8.06. The maximum Gasteiger partial charge on any atom is 0.408 e. The predicted octanol–water partition coefficient (Wildman–Crippen LogP) is 5.82. The number of rotatable bonds is 24. The minimum absolute atomic E-state index is 0.0137. The van der Waals surface area contributed by atoms with E-state index in [4.69, 9.17) is 36.3 Å². The third-order valence-corrected chi connectivity index (χ3v) is 13.2. The van der Waals surface area contributed by atoms with Gasteiger partial charge in [-0.1, -0.05) is 29.4 Å². The van der Waals surface area contributed by atoms with Crippen molar-refractivity contribution in [1.29, 1.82) is 0 Å². The molecule has 2 aromatic heterocycles. The van der Waals surface area contributed by atoms with Crippen LogP contribution < -0.4 is 42.8 Å². The van der Waals surface area contributed by atoms with Gasteiger partial charge < -0.3 is 50.8 Å². The fraction of sp³-hybridized carbons (Fsp3) is 0.510. The van der Waals surface area contributed by atoms with E-state index >= 15 is 0 Å². The first-order valence-corrected chi connectivity index (χ1v) is 25.0. The zero-order chi connectivity index (χ0) is 51.0. The molecule has 5 amide bonds. The number of amides is 5. The predicted molar refractivity (Wildman–Crippen MR) is 272 cm³/mol. The van der Waals surface area contributed by atoms with Crippen LogP contribution in [0.1, 0.15) is 85.1 Å². The molecule has 0 spiro atoms. The van der Waals surface area contributed by atoms with Crippen LogP contribution in [0.25, 0.3) is 10.8 Å². The number of imide groups is 1. The molecule has 1 unspecified atom stereocenters. The minimum atomic E-state index is -0.809. The zero-order valence-corrected chi connectivity index (χ0v) is 42.3. The maximum atomic E-state index is 13.0. The highest BCUT2D eigenvalue weighted by Crippen LogP contribution is 2.40. The Morgan fingerprint density at radius 1 is 0.901 bits per heavy atom. The van der Waals surface area contributed by atoms with Gasteiger partial charge in [-0.15, -0.1) is 0 Å². The normalized spacial score (nSPS) is 15.8. The van der Waals surface area contributed by atoms with Crippen molar-refractivity contribution in [3.8, 4) is 0 Å². The van der Waals surface area contributed by atoms with Crippen LogP contribution in [0.5, 0.6) is 0 Å². The molecule has 2 aliphatic heterocycles. The van der Waals surface area contributed by atoms with Gasteiger partial charge in [0.1, 0.15) is 23.3 Å². The number of alkyl carbamates (subject to hydrolysis) is 1. The number of aromatic nitrogens is 3. The van der Waals surface area contributed by atoms with Gasteiger partial charge in [0.25, 0.3) is 11.5 Å². The summed E-state index contributed by atoms with van der Waals surface area (Å²) in [5.41, 5.74) is 6.31.